The van der Waals surface area contributed by atoms with Gasteiger partial charge in [0.25, 0.3) is 0 Å². The average Bonchev–Trinajstić information content (AvgIpc) is 2.96. The van der Waals surface area contributed by atoms with Crippen molar-refractivity contribution in [3.63, 3.8) is 0 Å². The summed E-state index contributed by atoms with van der Waals surface area (Å²) in [5.74, 6) is 0.585. The minimum absolute atomic E-state index is 0.124. The molecule has 4 rings (SSSR count). The van der Waals surface area contributed by atoms with E-state index >= 15 is 0 Å². The van der Waals surface area contributed by atoms with Gasteiger partial charge in [-0.3, -0.25) is 0 Å². The monoisotopic (exact) mass is 335 g/mol. The topological polar surface area (TPSA) is 59.3 Å². The lowest BCUT2D eigenvalue weighted by molar-refractivity contribution is 0.372. The van der Waals surface area contributed by atoms with E-state index in [1.165, 1.54) is 11.1 Å². The maximum absolute atomic E-state index is 10.2. The van der Waals surface area contributed by atoms with Gasteiger partial charge in [0.05, 0.1) is 18.5 Å². The third kappa shape index (κ3) is 2.43. The predicted octanol–water partition coefficient (Wildman–Crippen LogP) is 4.16. The Morgan fingerprint density at radius 1 is 1.12 bits per heavy atom. The number of rotatable bonds is 2. The summed E-state index contributed by atoms with van der Waals surface area (Å²) in [4.78, 5) is 0. The third-order valence-corrected chi connectivity index (χ3v) is 4.66. The first-order valence-corrected chi connectivity index (χ1v) is 8.29. The van der Waals surface area contributed by atoms with Crippen molar-refractivity contribution in [1.82, 2.24) is 9.78 Å². The van der Waals surface area contributed by atoms with Crippen molar-refractivity contribution in [2.75, 3.05) is 12.4 Å². The minimum Gasteiger partial charge on any atom is -0.504 e. The molecule has 1 atom stereocenters. The summed E-state index contributed by atoms with van der Waals surface area (Å²) in [6, 6.07) is 11.9. The van der Waals surface area contributed by atoms with E-state index in [4.69, 9.17) is 4.74 Å². The van der Waals surface area contributed by atoms with Gasteiger partial charge in [-0.05, 0) is 50.6 Å². The second kappa shape index (κ2) is 5.55. The van der Waals surface area contributed by atoms with Gasteiger partial charge in [0, 0.05) is 16.8 Å². The highest BCUT2D eigenvalue weighted by atomic mass is 16.5. The van der Waals surface area contributed by atoms with E-state index in [0.717, 1.165) is 28.2 Å². The highest BCUT2D eigenvalue weighted by Crippen LogP contribution is 2.42. The number of aromatic hydroxyl groups is 1. The molecule has 128 valence electrons. The van der Waals surface area contributed by atoms with E-state index in [-0.39, 0.29) is 11.9 Å². The summed E-state index contributed by atoms with van der Waals surface area (Å²) in [5, 5.41) is 18.5. The molecule has 0 aliphatic carbocycles. The Balaban J connectivity index is 1.90. The molecule has 2 aromatic carbocycles. The Morgan fingerprint density at radius 3 is 2.64 bits per heavy atom. The Morgan fingerprint density at radius 2 is 1.92 bits per heavy atom. The third-order valence-electron chi connectivity index (χ3n) is 4.66. The second-order valence-corrected chi connectivity index (χ2v) is 6.60. The van der Waals surface area contributed by atoms with Crippen LogP contribution in [0.5, 0.6) is 11.5 Å². The SMILES string of the molecule is COc1ccc(C2Nc3c(C)cc(C)cc3-c3cc(C)nn32)cc1O. The van der Waals surface area contributed by atoms with Crippen LogP contribution in [0.25, 0.3) is 11.3 Å². The molecule has 3 aromatic rings. The second-order valence-electron chi connectivity index (χ2n) is 6.60. The summed E-state index contributed by atoms with van der Waals surface area (Å²) in [6.45, 7) is 6.21. The van der Waals surface area contributed by atoms with E-state index in [1.54, 1.807) is 19.2 Å². The molecule has 0 saturated heterocycles. The number of anilines is 1. The molecule has 2 N–H and O–H groups in total. The molecule has 0 fully saturated rings. The van der Waals surface area contributed by atoms with Gasteiger partial charge in [-0.2, -0.15) is 5.10 Å². The highest BCUT2D eigenvalue weighted by molar-refractivity contribution is 5.82. The number of hydrogen-bond donors (Lipinski definition) is 2. The summed E-state index contributed by atoms with van der Waals surface area (Å²) in [6.07, 6.45) is -0.186. The number of phenolic OH excluding ortho intramolecular Hbond substituents is 1. The zero-order valence-corrected chi connectivity index (χ0v) is 14.8. The Bertz CT molecular complexity index is 975. The Hall–Kier alpha value is -2.95. The van der Waals surface area contributed by atoms with Crippen molar-refractivity contribution in [2.45, 2.75) is 26.9 Å². The van der Waals surface area contributed by atoms with Crippen LogP contribution in [0.2, 0.25) is 0 Å². The van der Waals surface area contributed by atoms with Crippen molar-refractivity contribution in [1.29, 1.82) is 0 Å². The number of aromatic nitrogens is 2. The molecule has 1 aliphatic heterocycles. The number of fused-ring (bicyclic) bond motifs is 3. The predicted molar refractivity (Wildman–Crippen MR) is 98.3 cm³/mol. The molecule has 0 spiro atoms. The Labute approximate surface area is 146 Å². The van der Waals surface area contributed by atoms with Crippen molar-refractivity contribution in [3.8, 4) is 22.8 Å². The number of methoxy groups -OCH3 is 1. The fourth-order valence-corrected chi connectivity index (χ4v) is 3.58. The molecule has 1 aromatic heterocycles. The van der Waals surface area contributed by atoms with Crippen LogP contribution >= 0.6 is 0 Å². The number of nitrogens with zero attached hydrogens (tertiary/aromatic N) is 2. The van der Waals surface area contributed by atoms with Crippen LogP contribution in [0.3, 0.4) is 0 Å². The van der Waals surface area contributed by atoms with Crippen LogP contribution in [-0.2, 0) is 0 Å². The van der Waals surface area contributed by atoms with Crippen molar-refractivity contribution >= 4 is 5.69 Å². The molecule has 5 nitrogen and oxygen atoms in total. The fourth-order valence-electron chi connectivity index (χ4n) is 3.58. The first-order chi connectivity index (χ1) is 12.0. The minimum atomic E-state index is -0.186. The number of aryl methyl sites for hydroxylation is 3. The molecule has 0 saturated carbocycles. The van der Waals surface area contributed by atoms with E-state index in [2.05, 4.69) is 42.5 Å². The van der Waals surface area contributed by atoms with Crippen molar-refractivity contribution < 1.29 is 9.84 Å². The van der Waals surface area contributed by atoms with Gasteiger partial charge in [0.2, 0.25) is 0 Å². The first-order valence-electron chi connectivity index (χ1n) is 8.29. The zero-order valence-electron chi connectivity index (χ0n) is 14.8. The van der Waals surface area contributed by atoms with Crippen LogP contribution in [0, 0.1) is 20.8 Å². The molecular formula is C20H21N3O2. The van der Waals surface area contributed by atoms with Crippen LogP contribution in [0.1, 0.15) is 28.6 Å². The lowest BCUT2D eigenvalue weighted by Crippen LogP contribution is -2.26. The molecule has 1 aliphatic rings. The van der Waals surface area contributed by atoms with E-state index < -0.39 is 0 Å². The van der Waals surface area contributed by atoms with Gasteiger partial charge in [0.15, 0.2) is 11.5 Å². The van der Waals surface area contributed by atoms with Gasteiger partial charge in [-0.15, -0.1) is 0 Å². The molecule has 1 unspecified atom stereocenters. The lowest BCUT2D eigenvalue weighted by atomic mass is 9.98. The van der Waals surface area contributed by atoms with Gasteiger partial charge >= 0.3 is 0 Å². The normalized spacial score (nSPS) is 15.3. The lowest BCUT2D eigenvalue weighted by Gasteiger charge is -2.31. The standard InChI is InChI=1S/C20H21N3O2/c1-11-7-12(2)19-15(8-11)16-9-13(3)22-23(16)20(21-19)14-5-6-18(25-4)17(24)10-14/h5-10,20-21,24H,1-4H3. The largest absolute Gasteiger partial charge is 0.504 e. The molecular weight excluding hydrogens is 314 g/mol. The number of phenols is 1. The molecule has 0 bridgehead atoms. The maximum Gasteiger partial charge on any atom is 0.160 e. The summed E-state index contributed by atoms with van der Waals surface area (Å²) in [5.41, 5.74) is 7.66. The molecule has 25 heavy (non-hydrogen) atoms. The molecule has 0 amide bonds. The van der Waals surface area contributed by atoms with E-state index in [9.17, 15) is 5.11 Å². The molecule has 2 heterocycles. The number of benzene rings is 2. The first kappa shape index (κ1) is 15.6. The van der Waals surface area contributed by atoms with Gasteiger partial charge in [-0.1, -0.05) is 17.7 Å². The van der Waals surface area contributed by atoms with Gasteiger partial charge < -0.3 is 15.2 Å². The van der Waals surface area contributed by atoms with Gasteiger partial charge in [-0.25, -0.2) is 4.68 Å². The zero-order chi connectivity index (χ0) is 17.7. The smallest absolute Gasteiger partial charge is 0.160 e. The summed E-state index contributed by atoms with van der Waals surface area (Å²) >= 11 is 0. The van der Waals surface area contributed by atoms with Crippen LogP contribution in [0.15, 0.2) is 36.4 Å². The van der Waals surface area contributed by atoms with Crippen molar-refractivity contribution in [3.05, 3.63) is 58.8 Å². The van der Waals surface area contributed by atoms with Crippen molar-refractivity contribution in [2.24, 2.45) is 0 Å². The number of ether oxygens (including phenoxy) is 1. The maximum atomic E-state index is 10.2. The van der Waals surface area contributed by atoms with Crippen LogP contribution in [-0.4, -0.2) is 22.0 Å². The summed E-state index contributed by atoms with van der Waals surface area (Å²) < 4.78 is 7.14. The highest BCUT2D eigenvalue weighted by Gasteiger charge is 2.28. The van der Waals surface area contributed by atoms with E-state index in [0.29, 0.717) is 5.75 Å². The average molecular weight is 335 g/mol. The quantitative estimate of drug-likeness (QED) is 0.738. The van der Waals surface area contributed by atoms with Crippen LogP contribution in [0.4, 0.5) is 5.69 Å². The van der Waals surface area contributed by atoms with Gasteiger partial charge in [0.1, 0.15) is 6.17 Å². The fraction of sp³-hybridized carbons (Fsp3) is 0.250. The molecule has 5 heteroatoms. The number of nitrogens with one attached hydrogen (secondary N) is 1. The van der Waals surface area contributed by atoms with E-state index in [1.807, 2.05) is 17.7 Å². The summed E-state index contributed by atoms with van der Waals surface area (Å²) in [7, 11) is 1.55. The van der Waals surface area contributed by atoms with Crippen LogP contribution < -0.4 is 10.1 Å². The number of hydrogen-bond acceptors (Lipinski definition) is 4. The molecule has 0 radical (unpaired) electrons. The Kier molecular flexibility index (Phi) is 3.46.